The van der Waals surface area contributed by atoms with Crippen molar-refractivity contribution in [2.75, 3.05) is 11.9 Å². The summed E-state index contributed by atoms with van der Waals surface area (Å²) in [5, 5.41) is 16.8. The molecule has 2 atom stereocenters. The van der Waals surface area contributed by atoms with Gasteiger partial charge in [-0.3, -0.25) is 9.36 Å². The Kier molecular flexibility index (Phi) is 8.11. The van der Waals surface area contributed by atoms with Crippen molar-refractivity contribution in [1.82, 2.24) is 19.9 Å². The smallest absolute Gasteiger partial charge is 0.277 e. The van der Waals surface area contributed by atoms with E-state index in [0.29, 0.717) is 47.6 Å². The van der Waals surface area contributed by atoms with Crippen LogP contribution >= 0.6 is 0 Å². The molecule has 0 amide bonds. The molecule has 3 heterocycles. The Morgan fingerprint density at radius 2 is 1.83 bits per heavy atom. The van der Waals surface area contributed by atoms with Gasteiger partial charge in [-0.25, -0.2) is 23.1 Å². The number of alkyl halides is 2. The maximum Gasteiger partial charge on any atom is 0.277 e. The van der Waals surface area contributed by atoms with Crippen molar-refractivity contribution < 1.29 is 13.2 Å². The van der Waals surface area contributed by atoms with Crippen molar-refractivity contribution in [2.24, 2.45) is 0 Å². The number of hydrogen-bond acceptors (Lipinski definition) is 6. The van der Waals surface area contributed by atoms with Gasteiger partial charge >= 0.3 is 0 Å². The first-order valence-electron chi connectivity index (χ1n) is 14.6. The van der Waals surface area contributed by atoms with Crippen molar-refractivity contribution in [3.63, 3.8) is 0 Å². The number of nitrogens with zero attached hydrogens (tertiary/aromatic N) is 4. The minimum atomic E-state index is -3.34. The topological polar surface area (TPSA) is 95.6 Å². The lowest BCUT2D eigenvalue weighted by molar-refractivity contribution is -0.0168. The number of pyridine rings is 1. The Morgan fingerprint density at radius 1 is 1.07 bits per heavy atom. The Labute approximate surface area is 238 Å². The van der Waals surface area contributed by atoms with Gasteiger partial charge in [0.1, 0.15) is 23.1 Å². The molecule has 0 radical (unpaired) electrons. The van der Waals surface area contributed by atoms with Crippen LogP contribution in [-0.2, 0) is 17.9 Å². The zero-order valence-corrected chi connectivity index (χ0v) is 23.9. The minimum Gasteiger partial charge on any atom is -0.363 e. The fourth-order valence-electron chi connectivity index (χ4n) is 5.82. The third kappa shape index (κ3) is 5.82. The summed E-state index contributed by atoms with van der Waals surface area (Å²) in [5.41, 5.74) is -0.713. The van der Waals surface area contributed by atoms with E-state index >= 15 is 13.2 Å². The Balaban J connectivity index is 1.63. The van der Waals surface area contributed by atoms with Gasteiger partial charge < -0.3 is 10.6 Å². The average molecular weight is 567 g/mol. The summed E-state index contributed by atoms with van der Waals surface area (Å²) in [4.78, 5) is 22.9. The highest BCUT2D eigenvalue weighted by Crippen LogP contribution is 2.47. The molecule has 2 N–H and O–H groups in total. The summed E-state index contributed by atoms with van der Waals surface area (Å²) in [7, 11) is 0. The van der Waals surface area contributed by atoms with Crippen LogP contribution in [0.25, 0.3) is 11.0 Å². The van der Waals surface area contributed by atoms with Gasteiger partial charge in [0, 0.05) is 36.7 Å². The van der Waals surface area contributed by atoms with Crippen LogP contribution in [0.15, 0.2) is 29.1 Å². The van der Waals surface area contributed by atoms with Gasteiger partial charge in [0.2, 0.25) is 0 Å². The second-order valence-electron chi connectivity index (χ2n) is 11.7. The second-order valence-corrected chi connectivity index (χ2v) is 11.7. The van der Waals surface area contributed by atoms with Crippen molar-refractivity contribution in [3.05, 3.63) is 63.0 Å². The van der Waals surface area contributed by atoms with Crippen LogP contribution in [0.4, 0.5) is 19.0 Å². The molecule has 1 fully saturated rings. The van der Waals surface area contributed by atoms with E-state index in [1.54, 1.807) is 24.5 Å². The SMILES string of the molecule is Cc1nc2c3cc(C4(C#N)CC4)c(=O)n(c3n1)CCCCCCC(C)NCCC(F)(F)c1cccc(c1F)[C@@H](C)N2. The van der Waals surface area contributed by atoms with Crippen LogP contribution in [0.5, 0.6) is 0 Å². The molecule has 1 aromatic carbocycles. The molecule has 2 aliphatic rings. The minimum absolute atomic E-state index is 0.0545. The number of halogens is 3. The van der Waals surface area contributed by atoms with E-state index in [9.17, 15) is 10.1 Å². The molecule has 0 saturated heterocycles. The van der Waals surface area contributed by atoms with E-state index in [1.807, 2.05) is 6.92 Å². The molecule has 6 bridgehead atoms. The van der Waals surface area contributed by atoms with Gasteiger partial charge in [-0.2, -0.15) is 5.26 Å². The first-order valence-corrected chi connectivity index (χ1v) is 14.6. The molecular weight excluding hydrogens is 529 g/mol. The lowest BCUT2D eigenvalue weighted by Gasteiger charge is -2.23. The summed E-state index contributed by atoms with van der Waals surface area (Å²) in [6.45, 7) is 5.90. The van der Waals surface area contributed by atoms with Gasteiger partial charge in [0.05, 0.1) is 28.5 Å². The second kappa shape index (κ2) is 11.4. The molecule has 3 aromatic rings. The Morgan fingerprint density at radius 3 is 2.56 bits per heavy atom. The fraction of sp³-hybridized carbons (Fsp3) is 0.548. The standard InChI is InChI=1S/C31H37F3N6O/c1-19-9-6-4-5-7-16-40-28-23(17-25(29(40)41)30(18-35)12-13-30)27(38-21(3)39-28)37-20(2)22-10-8-11-24(26(22)32)31(33,34)14-15-36-19/h8,10-11,17,19-20,36H,4-7,9,12-16H2,1-3H3,(H,37,38,39)/t19?,20-/m1/s1. The van der Waals surface area contributed by atoms with Crippen LogP contribution in [0.2, 0.25) is 0 Å². The number of rotatable bonds is 1. The highest BCUT2D eigenvalue weighted by Gasteiger charge is 2.47. The molecule has 1 unspecified atom stereocenters. The van der Waals surface area contributed by atoms with Gasteiger partial charge in [-0.1, -0.05) is 37.5 Å². The predicted octanol–water partition coefficient (Wildman–Crippen LogP) is 6.39. The quantitative estimate of drug-likeness (QED) is 0.354. The number of anilines is 1. The fourth-order valence-corrected chi connectivity index (χ4v) is 5.82. The van der Waals surface area contributed by atoms with E-state index < -0.39 is 35.2 Å². The highest BCUT2D eigenvalue weighted by atomic mass is 19.3. The number of fused-ring (bicyclic) bond motifs is 2. The van der Waals surface area contributed by atoms with E-state index in [-0.39, 0.29) is 23.7 Å². The number of hydrogen-bond donors (Lipinski definition) is 2. The van der Waals surface area contributed by atoms with Gasteiger partial charge in [-0.05, 0) is 52.5 Å². The van der Waals surface area contributed by atoms with Crippen molar-refractivity contribution in [3.8, 4) is 6.07 Å². The number of aromatic nitrogens is 3. The molecule has 5 rings (SSSR count). The maximum atomic E-state index is 15.7. The van der Waals surface area contributed by atoms with Crippen molar-refractivity contribution >= 4 is 16.9 Å². The van der Waals surface area contributed by atoms with E-state index in [0.717, 1.165) is 38.2 Å². The summed E-state index contributed by atoms with van der Waals surface area (Å²) in [6, 6.07) is 7.45. The number of nitrogens with one attached hydrogen (secondary N) is 2. The summed E-state index contributed by atoms with van der Waals surface area (Å²) in [6.07, 6.45) is 5.05. The summed E-state index contributed by atoms with van der Waals surface area (Å²) in [5.74, 6) is -3.51. The van der Waals surface area contributed by atoms with Crippen LogP contribution < -0.4 is 16.2 Å². The summed E-state index contributed by atoms with van der Waals surface area (Å²) < 4.78 is 47.7. The van der Waals surface area contributed by atoms with Crippen LogP contribution in [-0.4, -0.2) is 27.1 Å². The Bertz CT molecular complexity index is 1540. The molecule has 1 aliphatic carbocycles. The highest BCUT2D eigenvalue weighted by molar-refractivity contribution is 5.88. The normalized spacial score (nSPS) is 23.0. The summed E-state index contributed by atoms with van der Waals surface area (Å²) >= 11 is 0. The first-order chi connectivity index (χ1) is 19.6. The number of benzene rings is 1. The lowest BCUT2D eigenvalue weighted by Crippen LogP contribution is -2.31. The first kappa shape index (κ1) is 29.1. The van der Waals surface area contributed by atoms with Crippen LogP contribution in [0, 0.1) is 24.1 Å². The molecule has 7 nitrogen and oxygen atoms in total. The average Bonchev–Trinajstić information content (AvgIpc) is 3.72. The zero-order valence-electron chi connectivity index (χ0n) is 23.9. The molecule has 0 spiro atoms. The van der Waals surface area contributed by atoms with Crippen LogP contribution in [0.1, 0.15) is 93.8 Å². The van der Waals surface area contributed by atoms with E-state index in [2.05, 4.69) is 26.7 Å². The molecule has 218 valence electrons. The molecule has 41 heavy (non-hydrogen) atoms. The molecule has 10 heteroatoms. The zero-order chi connectivity index (χ0) is 29.4. The Hall–Kier alpha value is -3.45. The molecule has 1 saturated carbocycles. The van der Waals surface area contributed by atoms with Gasteiger partial charge in [-0.15, -0.1) is 0 Å². The van der Waals surface area contributed by atoms with Crippen molar-refractivity contribution in [1.29, 1.82) is 5.26 Å². The monoisotopic (exact) mass is 566 g/mol. The van der Waals surface area contributed by atoms with Crippen molar-refractivity contribution in [2.45, 2.75) is 102 Å². The third-order valence-electron chi connectivity index (χ3n) is 8.48. The van der Waals surface area contributed by atoms with E-state index in [4.69, 9.17) is 0 Å². The van der Waals surface area contributed by atoms with Gasteiger partial charge in [0.15, 0.2) is 0 Å². The number of aryl methyl sites for hydroxylation is 2. The number of nitriles is 1. The third-order valence-corrected chi connectivity index (χ3v) is 8.48. The predicted molar refractivity (Wildman–Crippen MR) is 153 cm³/mol. The van der Waals surface area contributed by atoms with Gasteiger partial charge in [0.25, 0.3) is 11.5 Å². The largest absolute Gasteiger partial charge is 0.363 e. The molecule has 2 aromatic heterocycles. The molecular formula is C31H37F3N6O. The maximum absolute atomic E-state index is 15.7. The molecule has 1 aliphatic heterocycles. The van der Waals surface area contributed by atoms with Crippen LogP contribution in [0.3, 0.4) is 0 Å². The van der Waals surface area contributed by atoms with E-state index in [1.165, 1.54) is 12.1 Å². The lowest BCUT2D eigenvalue weighted by atomic mass is 9.97.